The Labute approximate surface area is 87.5 Å². The fraction of sp³-hybridized carbons (Fsp3) is 0. The average Bonchev–Trinajstić information content (AvgIpc) is 2.14. The zero-order chi connectivity index (χ0) is 10.3. The quantitative estimate of drug-likeness (QED) is 0.710. The molecule has 2 heterocycles. The lowest BCUT2D eigenvalue weighted by molar-refractivity contribution is 0.634. The van der Waals surface area contributed by atoms with Crippen molar-refractivity contribution in [1.29, 1.82) is 0 Å². The fourth-order valence-corrected chi connectivity index (χ4v) is 1.67. The van der Waals surface area contributed by atoms with Gasteiger partial charge in [-0.2, -0.15) is 0 Å². The number of nitrogens with zero attached hydrogens (tertiary/aromatic N) is 1. The number of pyridine rings is 2. The van der Waals surface area contributed by atoms with Crippen LogP contribution < -0.4 is 5.56 Å². The molecule has 0 spiro atoms. The molecule has 0 radical (unpaired) electrons. The molecule has 0 aliphatic heterocycles. The predicted molar refractivity (Wildman–Crippen MR) is 52.3 cm³/mol. The Kier molecular flexibility index (Phi) is 2.17. The molecule has 72 valence electrons. The van der Waals surface area contributed by atoms with Gasteiger partial charge in [0.05, 0.1) is 5.39 Å². The predicted octanol–water partition coefficient (Wildman–Crippen LogP) is 2.37. The molecule has 1 N–H and O–H groups in total. The summed E-state index contributed by atoms with van der Waals surface area (Å²) in [6, 6.07) is 1.38. The number of halogens is 3. The van der Waals surface area contributed by atoms with E-state index < -0.39 is 11.4 Å². The maximum atomic E-state index is 13.4. The van der Waals surface area contributed by atoms with Crippen molar-refractivity contribution in [3.63, 3.8) is 0 Å². The maximum Gasteiger partial charge on any atom is 0.259 e. The van der Waals surface area contributed by atoms with Gasteiger partial charge in [-0.25, -0.2) is 9.37 Å². The van der Waals surface area contributed by atoms with Crippen LogP contribution in [0.3, 0.4) is 0 Å². The number of hydrogen-bond donors (Lipinski definition) is 1. The van der Waals surface area contributed by atoms with E-state index >= 15 is 0 Å². The summed E-state index contributed by atoms with van der Waals surface area (Å²) in [6.07, 6.45) is 1.32. The maximum absolute atomic E-state index is 13.4. The highest BCUT2D eigenvalue weighted by Crippen LogP contribution is 2.25. The number of nitrogens with one attached hydrogen (secondary N) is 1. The molecule has 2 rings (SSSR count). The monoisotopic (exact) mass is 232 g/mol. The minimum Gasteiger partial charge on any atom is -0.328 e. The third kappa shape index (κ3) is 1.27. The third-order valence-electron chi connectivity index (χ3n) is 1.78. The first-order valence-electron chi connectivity index (χ1n) is 3.63. The number of H-pyrrole nitrogens is 1. The van der Waals surface area contributed by atoms with Crippen molar-refractivity contribution in [2.45, 2.75) is 0 Å². The molecule has 0 aliphatic carbocycles. The van der Waals surface area contributed by atoms with Gasteiger partial charge in [0, 0.05) is 11.6 Å². The van der Waals surface area contributed by atoms with E-state index in [1.807, 2.05) is 0 Å². The molecule has 14 heavy (non-hydrogen) atoms. The van der Waals surface area contributed by atoms with Crippen LogP contribution in [0.1, 0.15) is 0 Å². The van der Waals surface area contributed by atoms with Gasteiger partial charge in [0.15, 0.2) is 11.0 Å². The van der Waals surface area contributed by atoms with Crippen molar-refractivity contribution >= 4 is 34.0 Å². The van der Waals surface area contributed by atoms with Crippen molar-refractivity contribution in [3.8, 4) is 0 Å². The summed E-state index contributed by atoms with van der Waals surface area (Å²) in [6.45, 7) is 0. The molecule has 0 saturated heterocycles. The summed E-state index contributed by atoms with van der Waals surface area (Å²) in [5, 5.41) is -0.365. The van der Waals surface area contributed by atoms with Crippen molar-refractivity contribution < 1.29 is 4.39 Å². The molecule has 0 atom stereocenters. The molecular formula is C8H3Cl2FN2O. The van der Waals surface area contributed by atoms with Crippen molar-refractivity contribution in [1.82, 2.24) is 9.97 Å². The van der Waals surface area contributed by atoms with E-state index in [4.69, 9.17) is 23.2 Å². The highest BCUT2D eigenvalue weighted by molar-refractivity contribution is 6.36. The van der Waals surface area contributed by atoms with Gasteiger partial charge >= 0.3 is 0 Å². The standard InChI is InChI=1S/C8H3Cl2FN2O/c9-6-4-3(1-2-12-8(4)14)5(11)7(10)13-6/h1-2H,(H,12,14). The Hall–Kier alpha value is -1.13. The highest BCUT2D eigenvalue weighted by Gasteiger charge is 2.13. The van der Waals surface area contributed by atoms with Crippen molar-refractivity contribution in [2.24, 2.45) is 0 Å². The Bertz CT molecular complexity index is 567. The number of fused-ring (bicyclic) bond motifs is 1. The SMILES string of the molecule is O=c1[nH]ccc2c(F)c(Cl)nc(Cl)c12. The Balaban J connectivity index is 3.10. The molecule has 0 amide bonds. The lowest BCUT2D eigenvalue weighted by Crippen LogP contribution is -2.07. The van der Waals surface area contributed by atoms with E-state index in [1.54, 1.807) is 0 Å². The summed E-state index contributed by atoms with van der Waals surface area (Å²) in [7, 11) is 0. The topological polar surface area (TPSA) is 45.8 Å². The van der Waals surface area contributed by atoms with Crippen LogP contribution in [0.15, 0.2) is 17.1 Å². The molecule has 2 aromatic rings. The largest absolute Gasteiger partial charge is 0.328 e. The highest BCUT2D eigenvalue weighted by atomic mass is 35.5. The number of hydrogen-bond acceptors (Lipinski definition) is 2. The molecule has 6 heteroatoms. The van der Waals surface area contributed by atoms with Crippen LogP contribution in [0.2, 0.25) is 10.3 Å². The second kappa shape index (κ2) is 3.22. The summed E-state index contributed by atoms with van der Waals surface area (Å²) in [5.74, 6) is -0.739. The molecule has 0 fully saturated rings. The summed E-state index contributed by atoms with van der Waals surface area (Å²) in [5.41, 5.74) is -0.490. The first-order chi connectivity index (χ1) is 6.61. The molecule has 0 aromatic carbocycles. The minimum absolute atomic E-state index is 0.0102. The Morgan fingerprint density at radius 1 is 1.36 bits per heavy atom. The van der Waals surface area contributed by atoms with Crippen LogP contribution in [0.4, 0.5) is 4.39 Å². The lowest BCUT2D eigenvalue weighted by Gasteiger charge is -2.01. The lowest BCUT2D eigenvalue weighted by atomic mass is 10.2. The van der Waals surface area contributed by atoms with Gasteiger partial charge in [0.2, 0.25) is 0 Å². The zero-order valence-electron chi connectivity index (χ0n) is 6.64. The number of aromatic amines is 1. The first kappa shape index (κ1) is 9.43. The van der Waals surface area contributed by atoms with E-state index in [9.17, 15) is 9.18 Å². The molecule has 0 saturated carbocycles. The van der Waals surface area contributed by atoms with Crippen molar-refractivity contribution in [3.05, 3.63) is 38.7 Å². The van der Waals surface area contributed by atoms with Crippen molar-refractivity contribution in [2.75, 3.05) is 0 Å². The Morgan fingerprint density at radius 3 is 2.79 bits per heavy atom. The van der Waals surface area contributed by atoms with Crippen LogP contribution >= 0.6 is 23.2 Å². The smallest absolute Gasteiger partial charge is 0.259 e. The summed E-state index contributed by atoms with van der Waals surface area (Å²) >= 11 is 11.1. The van der Waals surface area contributed by atoms with Gasteiger partial charge in [-0.1, -0.05) is 23.2 Å². The average molecular weight is 233 g/mol. The van der Waals surface area contributed by atoms with Gasteiger partial charge in [0.1, 0.15) is 5.15 Å². The Morgan fingerprint density at radius 2 is 2.07 bits per heavy atom. The van der Waals surface area contributed by atoms with Gasteiger partial charge in [-0.15, -0.1) is 0 Å². The summed E-state index contributed by atoms with van der Waals surface area (Å²) < 4.78 is 13.4. The molecular weight excluding hydrogens is 230 g/mol. The molecule has 0 aliphatic rings. The normalized spacial score (nSPS) is 10.8. The van der Waals surface area contributed by atoms with Gasteiger partial charge in [0.25, 0.3) is 5.56 Å². The fourth-order valence-electron chi connectivity index (χ4n) is 1.17. The number of aromatic nitrogens is 2. The van der Waals surface area contributed by atoms with E-state index in [1.165, 1.54) is 12.3 Å². The number of rotatable bonds is 0. The second-order valence-electron chi connectivity index (χ2n) is 2.60. The molecule has 0 unspecified atom stereocenters. The van der Waals surface area contributed by atoms with Crippen LogP contribution in [-0.4, -0.2) is 9.97 Å². The van der Waals surface area contributed by atoms with E-state index in [0.29, 0.717) is 0 Å². The van der Waals surface area contributed by atoms with Crippen LogP contribution in [0, 0.1) is 5.82 Å². The van der Waals surface area contributed by atoms with Gasteiger partial charge in [-0.3, -0.25) is 4.79 Å². The van der Waals surface area contributed by atoms with E-state index in [2.05, 4.69) is 9.97 Å². The molecule has 3 nitrogen and oxygen atoms in total. The molecule has 0 bridgehead atoms. The first-order valence-corrected chi connectivity index (χ1v) is 4.38. The van der Waals surface area contributed by atoms with Crippen LogP contribution in [-0.2, 0) is 0 Å². The minimum atomic E-state index is -0.739. The molecule has 2 aromatic heterocycles. The third-order valence-corrected chi connectivity index (χ3v) is 2.30. The van der Waals surface area contributed by atoms with E-state index in [-0.39, 0.29) is 21.1 Å². The van der Waals surface area contributed by atoms with Crippen LogP contribution in [0.5, 0.6) is 0 Å². The zero-order valence-corrected chi connectivity index (χ0v) is 8.16. The van der Waals surface area contributed by atoms with Gasteiger partial charge < -0.3 is 4.98 Å². The second-order valence-corrected chi connectivity index (χ2v) is 3.32. The summed E-state index contributed by atoms with van der Waals surface area (Å²) in [4.78, 5) is 17.1. The van der Waals surface area contributed by atoms with E-state index in [0.717, 1.165) is 0 Å². The van der Waals surface area contributed by atoms with Gasteiger partial charge in [-0.05, 0) is 6.07 Å². The van der Waals surface area contributed by atoms with Crippen LogP contribution in [0.25, 0.3) is 10.8 Å².